The predicted molar refractivity (Wildman–Crippen MR) is 99.4 cm³/mol. The molecule has 1 N–H and O–H groups in total. The zero-order valence-electron chi connectivity index (χ0n) is 15.2. The monoisotopic (exact) mass is 387 g/mol. The van der Waals surface area contributed by atoms with Crippen molar-refractivity contribution in [2.45, 2.75) is 25.6 Å². The molecule has 2 aromatic rings. The Hall–Kier alpha value is -3.01. The molecule has 1 amide bonds. The molecule has 146 valence electrons. The molecule has 0 unspecified atom stereocenters. The first kappa shape index (κ1) is 19.7. The third-order valence-electron chi connectivity index (χ3n) is 4.96. The first-order chi connectivity index (χ1) is 13.4. The van der Waals surface area contributed by atoms with Crippen molar-refractivity contribution in [3.8, 4) is 6.07 Å². The van der Waals surface area contributed by atoms with Crippen molar-refractivity contribution < 1.29 is 18.0 Å². The number of carbonyl (C=O) groups excluding carboxylic acids is 1. The number of amides is 1. The molecule has 1 saturated heterocycles. The number of hydrogen-bond donors (Lipinski definition) is 1. The van der Waals surface area contributed by atoms with Gasteiger partial charge in [-0.25, -0.2) is 0 Å². The fourth-order valence-corrected chi connectivity index (χ4v) is 3.39. The van der Waals surface area contributed by atoms with Crippen LogP contribution in [-0.2, 0) is 17.5 Å². The number of nitrogens with one attached hydrogen (secondary N) is 1. The van der Waals surface area contributed by atoms with E-state index >= 15 is 0 Å². The summed E-state index contributed by atoms with van der Waals surface area (Å²) in [6.07, 6.45) is -3.30. The average molecular weight is 387 g/mol. The lowest BCUT2D eigenvalue weighted by Gasteiger charge is -2.33. The van der Waals surface area contributed by atoms with Gasteiger partial charge >= 0.3 is 6.18 Å². The molecular weight excluding hydrogens is 367 g/mol. The lowest BCUT2D eigenvalue weighted by Crippen LogP contribution is -2.40. The minimum absolute atomic E-state index is 0.00167. The van der Waals surface area contributed by atoms with E-state index in [-0.39, 0.29) is 17.4 Å². The molecule has 0 bridgehead atoms. The predicted octanol–water partition coefficient (Wildman–Crippen LogP) is 4.11. The van der Waals surface area contributed by atoms with E-state index in [4.69, 9.17) is 0 Å². The number of anilines is 1. The molecular formula is C21H20F3N3O. The van der Waals surface area contributed by atoms with Gasteiger partial charge in [0.15, 0.2) is 0 Å². The maximum atomic E-state index is 12.8. The highest BCUT2D eigenvalue weighted by Gasteiger charge is 2.32. The van der Waals surface area contributed by atoms with E-state index in [1.54, 1.807) is 0 Å². The van der Waals surface area contributed by atoms with Gasteiger partial charge in [0.25, 0.3) is 0 Å². The molecule has 0 aliphatic carbocycles. The summed E-state index contributed by atoms with van der Waals surface area (Å²) in [5.41, 5.74) is 0.681. The summed E-state index contributed by atoms with van der Waals surface area (Å²) in [6, 6.07) is 14.7. The SMILES string of the molecule is N#Cc1cc(C(F)(F)F)ccc1N1CCC(C(=O)NCc2ccccc2)CC1. The van der Waals surface area contributed by atoms with Crippen LogP contribution in [0.1, 0.15) is 29.5 Å². The van der Waals surface area contributed by atoms with E-state index in [9.17, 15) is 23.2 Å². The van der Waals surface area contributed by atoms with Gasteiger partial charge in [0.2, 0.25) is 5.91 Å². The van der Waals surface area contributed by atoms with E-state index in [2.05, 4.69) is 5.32 Å². The number of benzene rings is 2. The van der Waals surface area contributed by atoms with Crippen LogP contribution in [0.25, 0.3) is 0 Å². The first-order valence-corrected chi connectivity index (χ1v) is 9.06. The van der Waals surface area contributed by atoms with Gasteiger partial charge in [0, 0.05) is 25.6 Å². The molecule has 1 heterocycles. The Morgan fingerprint density at radius 3 is 2.43 bits per heavy atom. The van der Waals surface area contributed by atoms with Crippen molar-refractivity contribution in [3.05, 3.63) is 65.2 Å². The van der Waals surface area contributed by atoms with Crippen LogP contribution in [0.4, 0.5) is 18.9 Å². The summed E-state index contributed by atoms with van der Waals surface area (Å²) >= 11 is 0. The van der Waals surface area contributed by atoms with Crippen molar-refractivity contribution >= 4 is 11.6 Å². The minimum atomic E-state index is -4.48. The largest absolute Gasteiger partial charge is 0.416 e. The van der Waals surface area contributed by atoms with Crippen LogP contribution in [0, 0.1) is 17.2 Å². The standard InChI is InChI=1S/C21H20F3N3O/c22-21(23,24)18-6-7-19(17(12-18)13-25)27-10-8-16(9-11-27)20(28)26-14-15-4-2-1-3-5-15/h1-7,12,16H,8-11,14H2,(H,26,28). The Bertz CT molecular complexity index is 867. The summed E-state index contributed by atoms with van der Waals surface area (Å²) in [7, 11) is 0. The van der Waals surface area contributed by atoms with Gasteiger partial charge in [-0.1, -0.05) is 30.3 Å². The van der Waals surface area contributed by atoms with Gasteiger partial charge < -0.3 is 10.2 Å². The van der Waals surface area contributed by atoms with E-state index in [1.165, 1.54) is 6.07 Å². The highest BCUT2D eigenvalue weighted by molar-refractivity contribution is 5.79. The fraction of sp³-hybridized carbons (Fsp3) is 0.333. The first-order valence-electron chi connectivity index (χ1n) is 9.06. The summed E-state index contributed by atoms with van der Waals surface area (Å²) < 4.78 is 38.5. The van der Waals surface area contributed by atoms with Gasteiger partial charge in [-0.3, -0.25) is 4.79 Å². The molecule has 0 radical (unpaired) electrons. The van der Waals surface area contributed by atoms with Gasteiger partial charge in [-0.15, -0.1) is 0 Å². The van der Waals surface area contributed by atoms with Crippen molar-refractivity contribution in [1.82, 2.24) is 5.32 Å². The molecule has 3 rings (SSSR count). The zero-order valence-corrected chi connectivity index (χ0v) is 15.2. The van der Waals surface area contributed by atoms with E-state index < -0.39 is 11.7 Å². The molecule has 2 aromatic carbocycles. The van der Waals surface area contributed by atoms with Crippen molar-refractivity contribution in [2.24, 2.45) is 5.92 Å². The lowest BCUT2D eigenvalue weighted by atomic mass is 9.94. The number of halogens is 3. The minimum Gasteiger partial charge on any atom is -0.370 e. The molecule has 0 atom stereocenters. The Balaban J connectivity index is 1.59. The van der Waals surface area contributed by atoms with E-state index in [1.807, 2.05) is 41.3 Å². The summed E-state index contributed by atoms with van der Waals surface area (Å²) in [6.45, 7) is 1.50. The highest BCUT2D eigenvalue weighted by Crippen LogP contribution is 2.34. The van der Waals surface area contributed by atoms with Gasteiger partial charge in [0.1, 0.15) is 6.07 Å². The molecule has 28 heavy (non-hydrogen) atoms. The second-order valence-electron chi connectivity index (χ2n) is 6.81. The second kappa shape index (κ2) is 8.34. The van der Waals surface area contributed by atoms with Crippen molar-refractivity contribution in [1.29, 1.82) is 5.26 Å². The number of nitrogens with zero attached hydrogens (tertiary/aromatic N) is 2. The third-order valence-corrected chi connectivity index (χ3v) is 4.96. The van der Waals surface area contributed by atoms with Crippen LogP contribution >= 0.6 is 0 Å². The molecule has 7 heteroatoms. The van der Waals surface area contributed by atoms with Crippen LogP contribution in [0.3, 0.4) is 0 Å². The van der Waals surface area contributed by atoms with Crippen LogP contribution < -0.4 is 10.2 Å². The van der Waals surface area contributed by atoms with Crippen LogP contribution in [0.2, 0.25) is 0 Å². The summed E-state index contributed by atoms with van der Waals surface area (Å²) in [5, 5.41) is 12.2. The Kier molecular flexibility index (Phi) is 5.88. The van der Waals surface area contributed by atoms with Crippen LogP contribution in [0.15, 0.2) is 48.5 Å². The fourth-order valence-electron chi connectivity index (χ4n) is 3.39. The molecule has 0 spiro atoms. The van der Waals surface area contributed by atoms with E-state index in [0.29, 0.717) is 38.2 Å². The van der Waals surface area contributed by atoms with Gasteiger partial charge in [0.05, 0.1) is 16.8 Å². The molecule has 1 aliphatic heterocycles. The molecule has 4 nitrogen and oxygen atoms in total. The van der Waals surface area contributed by atoms with Gasteiger partial charge in [-0.2, -0.15) is 18.4 Å². The molecule has 0 aromatic heterocycles. The van der Waals surface area contributed by atoms with Crippen LogP contribution in [-0.4, -0.2) is 19.0 Å². The van der Waals surface area contributed by atoms with Crippen LogP contribution in [0.5, 0.6) is 0 Å². The maximum Gasteiger partial charge on any atom is 0.416 e. The number of piperidine rings is 1. The average Bonchev–Trinajstić information content (AvgIpc) is 2.71. The number of rotatable bonds is 4. The third kappa shape index (κ3) is 4.63. The molecule has 1 fully saturated rings. The highest BCUT2D eigenvalue weighted by atomic mass is 19.4. The number of hydrogen-bond acceptors (Lipinski definition) is 3. The Morgan fingerprint density at radius 2 is 1.82 bits per heavy atom. The maximum absolute atomic E-state index is 12.8. The zero-order chi connectivity index (χ0) is 20.1. The molecule has 0 saturated carbocycles. The Morgan fingerprint density at radius 1 is 1.14 bits per heavy atom. The van der Waals surface area contributed by atoms with Crippen molar-refractivity contribution in [2.75, 3.05) is 18.0 Å². The second-order valence-corrected chi connectivity index (χ2v) is 6.81. The number of carbonyl (C=O) groups is 1. The Labute approximate surface area is 161 Å². The quantitative estimate of drug-likeness (QED) is 0.859. The number of alkyl halides is 3. The lowest BCUT2D eigenvalue weighted by molar-refractivity contribution is -0.137. The van der Waals surface area contributed by atoms with E-state index in [0.717, 1.165) is 17.7 Å². The van der Waals surface area contributed by atoms with Crippen molar-refractivity contribution in [3.63, 3.8) is 0 Å². The number of nitriles is 1. The topological polar surface area (TPSA) is 56.1 Å². The summed E-state index contributed by atoms with van der Waals surface area (Å²) in [4.78, 5) is 14.3. The van der Waals surface area contributed by atoms with Gasteiger partial charge in [-0.05, 0) is 36.6 Å². The normalized spacial score (nSPS) is 15.1. The molecule has 1 aliphatic rings. The smallest absolute Gasteiger partial charge is 0.370 e. The summed E-state index contributed by atoms with van der Waals surface area (Å²) in [5.74, 6) is -0.156.